The van der Waals surface area contributed by atoms with Crippen molar-refractivity contribution in [1.82, 2.24) is 34.8 Å². The molecule has 2 aliphatic rings. The first-order valence-corrected chi connectivity index (χ1v) is 11.0. The van der Waals surface area contributed by atoms with Crippen LogP contribution < -0.4 is 21.3 Å². The minimum atomic E-state index is -0.134. The summed E-state index contributed by atoms with van der Waals surface area (Å²) in [6, 6.07) is 3.02. The van der Waals surface area contributed by atoms with Crippen molar-refractivity contribution in [3.8, 4) is 0 Å². The monoisotopic (exact) mass is 423 g/mol. The van der Waals surface area contributed by atoms with Crippen LogP contribution in [0.15, 0.2) is 31.0 Å². The lowest BCUT2D eigenvalue weighted by Crippen LogP contribution is -2.44. The zero-order chi connectivity index (χ0) is 21.2. The molecule has 3 aromatic rings. The number of urea groups is 1. The molecule has 10 nitrogen and oxygen atoms in total. The quantitative estimate of drug-likeness (QED) is 0.464. The van der Waals surface area contributed by atoms with Gasteiger partial charge in [0.2, 0.25) is 0 Å². The van der Waals surface area contributed by atoms with Crippen LogP contribution >= 0.6 is 0 Å². The molecule has 3 aromatic heterocycles. The molecule has 2 fully saturated rings. The van der Waals surface area contributed by atoms with E-state index in [4.69, 9.17) is 0 Å². The molecule has 31 heavy (non-hydrogen) atoms. The van der Waals surface area contributed by atoms with Gasteiger partial charge in [0, 0.05) is 49.8 Å². The molecule has 2 aliphatic carbocycles. The summed E-state index contributed by atoms with van der Waals surface area (Å²) in [6.07, 6.45) is 13.6. The van der Waals surface area contributed by atoms with Gasteiger partial charge in [0.1, 0.15) is 5.82 Å². The van der Waals surface area contributed by atoms with Crippen LogP contribution in [-0.4, -0.2) is 48.3 Å². The molecule has 2 amide bonds. The van der Waals surface area contributed by atoms with Crippen LogP contribution in [0.4, 0.5) is 16.3 Å². The normalized spacial score (nSPS) is 21.1. The number of fused-ring (bicyclic) bond motifs is 1. The Morgan fingerprint density at radius 3 is 2.55 bits per heavy atom. The van der Waals surface area contributed by atoms with Crippen LogP contribution in [0.2, 0.25) is 0 Å². The number of hydrogen-bond acceptors (Lipinski definition) is 6. The molecule has 4 N–H and O–H groups in total. The van der Waals surface area contributed by atoms with Crippen molar-refractivity contribution in [3.63, 3.8) is 0 Å². The van der Waals surface area contributed by atoms with E-state index in [1.54, 1.807) is 12.5 Å². The SMILES string of the molecule is Cn1cnc(CNC(=O)NC2CCC(Nc3cc(NC4CC4)c4nccn4n3)CC2)c1. The van der Waals surface area contributed by atoms with Crippen molar-refractivity contribution in [3.05, 3.63) is 36.7 Å². The summed E-state index contributed by atoms with van der Waals surface area (Å²) in [5.74, 6) is 0.859. The number of rotatable bonds is 7. The standard InChI is InChI=1S/C21H29N9O/c1-29-12-17(24-13-29)11-23-21(31)27-16-6-4-15(5-7-16)26-19-10-18(25-14-2-3-14)20-22-8-9-30(20)28-19/h8-10,12-16,25H,2-7,11H2,1H3,(H,26,28)(H2,23,27,31). The van der Waals surface area contributed by atoms with Gasteiger partial charge in [0.15, 0.2) is 5.65 Å². The molecule has 0 saturated heterocycles. The third-order valence-corrected chi connectivity index (χ3v) is 5.90. The predicted molar refractivity (Wildman–Crippen MR) is 118 cm³/mol. The summed E-state index contributed by atoms with van der Waals surface area (Å²) < 4.78 is 3.69. The minimum absolute atomic E-state index is 0.134. The number of hydrogen-bond donors (Lipinski definition) is 4. The molecule has 0 bridgehead atoms. The molecular formula is C21H29N9O. The van der Waals surface area contributed by atoms with Gasteiger partial charge in [-0.15, -0.1) is 5.10 Å². The Kier molecular flexibility index (Phi) is 5.35. The van der Waals surface area contributed by atoms with Gasteiger partial charge in [-0.2, -0.15) is 0 Å². The van der Waals surface area contributed by atoms with Gasteiger partial charge >= 0.3 is 6.03 Å². The molecule has 2 saturated carbocycles. The number of nitrogens with zero attached hydrogens (tertiary/aromatic N) is 5. The fourth-order valence-corrected chi connectivity index (χ4v) is 4.10. The number of amides is 2. The lowest BCUT2D eigenvalue weighted by atomic mass is 9.91. The smallest absolute Gasteiger partial charge is 0.315 e. The third kappa shape index (κ3) is 4.89. The fourth-order valence-electron chi connectivity index (χ4n) is 4.10. The first-order valence-electron chi connectivity index (χ1n) is 11.0. The lowest BCUT2D eigenvalue weighted by Gasteiger charge is -2.30. The lowest BCUT2D eigenvalue weighted by molar-refractivity contribution is 0.231. The third-order valence-electron chi connectivity index (χ3n) is 5.90. The van der Waals surface area contributed by atoms with Crippen LogP contribution in [0.3, 0.4) is 0 Å². The average molecular weight is 424 g/mol. The van der Waals surface area contributed by atoms with E-state index in [1.165, 1.54) is 12.8 Å². The van der Waals surface area contributed by atoms with E-state index in [1.807, 2.05) is 28.5 Å². The van der Waals surface area contributed by atoms with E-state index in [0.29, 0.717) is 18.6 Å². The van der Waals surface area contributed by atoms with Crippen LogP contribution in [-0.2, 0) is 13.6 Å². The second-order valence-electron chi connectivity index (χ2n) is 8.61. The van der Waals surface area contributed by atoms with Crippen molar-refractivity contribution in [2.75, 3.05) is 10.6 Å². The number of carbonyl (C=O) groups is 1. The molecule has 5 rings (SSSR count). The second-order valence-corrected chi connectivity index (χ2v) is 8.61. The van der Waals surface area contributed by atoms with E-state index in [9.17, 15) is 4.79 Å². The van der Waals surface area contributed by atoms with E-state index >= 15 is 0 Å². The molecule has 0 atom stereocenters. The molecule has 0 aromatic carbocycles. The molecule has 164 valence electrons. The number of aromatic nitrogens is 5. The van der Waals surface area contributed by atoms with Crippen molar-refractivity contribution >= 4 is 23.2 Å². The molecular weight excluding hydrogens is 394 g/mol. The molecule has 0 unspecified atom stereocenters. The van der Waals surface area contributed by atoms with Crippen LogP contribution in [0.5, 0.6) is 0 Å². The first kappa shape index (κ1) is 19.7. The second kappa shape index (κ2) is 8.44. The van der Waals surface area contributed by atoms with Gasteiger partial charge in [-0.05, 0) is 38.5 Å². The van der Waals surface area contributed by atoms with Crippen LogP contribution in [0.25, 0.3) is 5.65 Å². The highest BCUT2D eigenvalue weighted by Crippen LogP contribution is 2.29. The molecule has 0 spiro atoms. The Morgan fingerprint density at radius 1 is 1.06 bits per heavy atom. The number of carbonyl (C=O) groups excluding carboxylic acids is 1. The highest BCUT2D eigenvalue weighted by molar-refractivity contribution is 5.74. The molecule has 3 heterocycles. The first-order chi connectivity index (χ1) is 15.1. The summed E-state index contributed by atoms with van der Waals surface area (Å²) in [6.45, 7) is 0.434. The number of nitrogens with one attached hydrogen (secondary N) is 4. The molecule has 0 radical (unpaired) electrons. The Morgan fingerprint density at radius 2 is 1.81 bits per heavy atom. The summed E-state index contributed by atoms with van der Waals surface area (Å²) in [4.78, 5) is 20.8. The topological polar surface area (TPSA) is 113 Å². The minimum Gasteiger partial charge on any atom is -0.379 e. The van der Waals surface area contributed by atoms with E-state index < -0.39 is 0 Å². The maximum Gasteiger partial charge on any atom is 0.315 e. The van der Waals surface area contributed by atoms with Gasteiger partial charge in [-0.25, -0.2) is 19.3 Å². The van der Waals surface area contributed by atoms with E-state index in [0.717, 1.165) is 48.5 Å². The van der Waals surface area contributed by atoms with E-state index in [2.05, 4.69) is 42.4 Å². The molecule has 0 aliphatic heterocycles. The summed E-state index contributed by atoms with van der Waals surface area (Å²) in [7, 11) is 1.91. The fraction of sp³-hybridized carbons (Fsp3) is 0.524. The highest BCUT2D eigenvalue weighted by atomic mass is 16.2. The summed E-state index contributed by atoms with van der Waals surface area (Å²) in [5, 5.41) is 17.8. The van der Waals surface area contributed by atoms with Gasteiger partial charge in [-0.1, -0.05) is 0 Å². The van der Waals surface area contributed by atoms with Crippen LogP contribution in [0, 0.1) is 0 Å². The Labute approximate surface area is 180 Å². The molecule has 10 heteroatoms. The largest absolute Gasteiger partial charge is 0.379 e. The van der Waals surface area contributed by atoms with Gasteiger partial charge in [0.25, 0.3) is 0 Å². The van der Waals surface area contributed by atoms with Crippen molar-refractivity contribution in [2.24, 2.45) is 7.05 Å². The number of aryl methyl sites for hydroxylation is 1. The number of anilines is 2. The predicted octanol–water partition coefficient (Wildman–Crippen LogP) is 2.26. The van der Waals surface area contributed by atoms with Crippen LogP contribution in [0.1, 0.15) is 44.2 Å². The number of imidazole rings is 2. The Balaban J connectivity index is 1.11. The van der Waals surface area contributed by atoms with Crippen molar-refractivity contribution < 1.29 is 4.79 Å². The van der Waals surface area contributed by atoms with Gasteiger partial charge in [0.05, 0.1) is 24.3 Å². The highest BCUT2D eigenvalue weighted by Gasteiger charge is 2.25. The van der Waals surface area contributed by atoms with Gasteiger partial charge < -0.3 is 25.8 Å². The average Bonchev–Trinajstić information content (AvgIpc) is 3.26. The maximum atomic E-state index is 12.2. The van der Waals surface area contributed by atoms with Gasteiger partial charge in [-0.3, -0.25) is 0 Å². The Hall–Kier alpha value is -3.30. The Bertz CT molecular complexity index is 1050. The van der Waals surface area contributed by atoms with Crippen molar-refractivity contribution in [1.29, 1.82) is 0 Å². The van der Waals surface area contributed by atoms with E-state index in [-0.39, 0.29) is 12.1 Å². The summed E-state index contributed by atoms with van der Waals surface area (Å²) >= 11 is 0. The summed E-state index contributed by atoms with van der Waals surface area (Å²) in [5.41, 5.74) is 2.75. The zero-order valence-electron chi connectivity index (χ0n) is 17.7. The zero-order valence-corrected chi connectivity index (χ0v) is 17.7. The maximum absolute atomic E-state index is 12.2. The van der Waals surface area contributed by atoms with Crippen molar-refractivity contribution in [2.45, 2.75) is 63.2 Å².